The molecule has 1 saturated heterocycles. The zero-order valence-electron chi connectivity index (χ0n) is 13.9. The van der Waals surface area contributed by atoms with E-state index in [1.165, 1.54) is 37.9 Å². The number of nitrogen functional groups attached to an aromatic ring is 1. The van der Waals surface area contributed by atoms with Gasteiger partial charge in [0, 0.05) is 11.6 Å². The smallest absolute Gasteiger partial charge is 0.222 e. The average molecular weight is 322 g/mol. The van der Waals surface area contributed by atoms with Gasteiger partial charge in [0.15, 0.2) is 5.65 Å². The van der Waals surface area contributed by atoms with Crippen LogP contribution in [0.3, 0.4) is 0 Å². The molecule has 0 aliphatic carbocycles. The number of benzene rings is 1. The van der Waals surface area contributed by atoms with Crippen LogP contribution in [0.2, 0.25) is 0 Å². The van der Waals surface area contributed by atoms with Crippen molar-refractivity contribution in [3.63, 3.8) is 0 Å². The number of imidazole rings is 1. The molecule has 4 rings (SSSR count). The zero-order valence-corrected chi connectivity index (χ0v) is 13.9. The standard InChI is InChI=1S/C18H22N6/c1-12(24-9-3-2-4-10-24)13-5-7-14(8-6-13)15-16-17(21-11-20-16)23-18(19)22-15/h5-8,11-12H,2-4,9-10H2,1H3,(H3,19,20,21,22,23)/t12-/m1/s1. The van der Waals surface area contributed by atoms with Crippen LogP contribution in [-0.2, 0) is 0 Å². The molecule has 2 aromatic heterocycles. The first kappa shape index (κ1) is 15.1. The Labute approximate surface area is 141 Å². The maximum absolute atomic E-state index is 5.81. The van der Waals surface area contributed by atoms with Crippen molar-refractivity contribution in [1.29, 1.82) is 0 Å². The van der Waals surface area contributed by atoms with E-state index in [0.717, 1.165) is 16.8 Å². The molecule has 0 spiro atoms. The highest BCUT2D eigenvalue weighted by Crippen LogP contribution is 2.28. The van der Waals surface area contributed by atoms with E-state index in [4.69, 9.17) is 5.73 Å². The van der Waals surface area contributed by atoms with Crippen LogP contribution in [0.25, 0.3) is 22.4 Å². The number of aromatic nitrogens is 4. The van der Waals surface area contributed by atoms with E-state index in [2.05, 4.69) is 56.0 Å². The van der Waals surface area contributed by atoms with Crippen molar-refractivity contribution in [2.45, 2.75) is 32.2 Å². The Hall–Kier alpha value is -2.47. The number of hydrogen-bond acceptors (Lipinski definition) is 5. The number of piperidine rings is 1. The molecule has 6 nitrogen and oxygen atoms in total. The Balaban J connectivity index is 1.64. The Morgan fingerprint density at radius 3 is 2.58 bits per heavy atom. The van der Waals surface area contributed by atoms with Gasteiger partial charge in [-0.2, -0.15) is 4.98 Å². The molecule has 3 heterocycles. The van der Waals surface area contributed by atoms with Crippen LogP contribution < -0.4 is 5.73 Å². The molecule has 124 valence electrons. The Morgan fingerprint density at radius 1 is 1.08 bits per heavy atom. The Bertz CT molecular complexity index is 832. The van der Waals surface area contributed by atoms with Gasteiger partial charge in [0.25, 0.3) is 0 Å². The highest BCUT2D eigenvalue weighted by atomic mass is 15.2. The third-order valence-electron chi connectivity index (χ3n) is 4.91. The lowest BCUT2D eigenvalue weighted by Crippen LogP contribution is -2.32. The van der Waals surface area contributed by atoms with Crippen LogP contribution in [0.4, 0.5) is 5.95 Å². The number of anilines is 1. The Kier molecular flexibility index (Phi) is 3.90. The fraction of sp³-hybridized carbons (Fsp3) is 0.389. The molecule has 0 amide bonds. The summed E-state index contributed by atoms with van der Waals surface area (Å²) in [6.07, 6.45) is 5.59. The summed E-state index contributed by atoms with van der Waals surface area (Å²) in [7, 11) is 0. The summed E-state index contributed by atoms with van der Waals surface area (Å²) in [5.41, 5.74) is 10.4. The fourth-order valence-corrected chi connectivity index (χ4v) is 3.49. The van der Waals surface area contributed by atoms with Crippen molar-refractivity contribution in [3.05, 3.63) is 36.2 Å². The lowest BCUT2D eigenvalue weighted by atomic mass is 10.0. The predicted octanol–water partition coefficient (Wildman–Crippen LogP) is 3.15. The first-order valence-electron chi connectivity index (χ1n) is 8.53. The summed E-state index contributed by atoms with van der Waals surface area (Å²) in [6.45, 7) is 4.68. The monoisotopic (exact) mass is 322 g/mol. The molecule has 0 radical (unpaired) electrons. The Morgan fingerprint density at radius 2 is 1.83 bits per heavy atom. The number of nitrogens with two attached hydrogens (primary N) is 1. The molecule has 0 bridgehead atoms. The molecule has 1 fully saturated rings. The largest absolute Gasteiger partial charge is 0.368 e. The molecule has 0 saturated carbocycles. The molecule has 6 heteroatoms. The SMILES string of the molecule is C[C@H](c1ccc(-c2nc(N)nc3nc[nH]c23)cc1)N1CCCCC1. The van der Waals surface area contributed by atoms with E-state index in [1.807, 2.05) is 0 Å². The molecule has 3 N–H and O–H groups in total. The molecule has 1 aliphatic heterocycles. The number of nitrogens with zero attached hydrogens (tertiary/aromatic N) is 4. The van der Waals surface area contributed by atoms with Crippen molar-refractivity contribution in [2.75, 3.05) is 18.8 Å². The van der Waals surface area contributed by atoms with E-state index in [1.54, 1.807) is 6.33 Å². The summed E-state index contributed by atoms with van der Waals surface area (Å²) < 4.78 is 0. The van der Waals surface area contributed by atoms with Crippen molar-refractivity contribution in [2.24, 2.45) is 0 Å². The van der Waals surface area contributed by atoms with Gasteiger partial charge in [-0.3, -0.25) is 4.90 Å². The van der Waals surface area contributed by atoms with Crippen molar-refractivity contribution < 1.29 is 0 Å². The number of rotatable bonds is 3. The number of fused-ring (bicyclic) bond motifs is 1. The molecule has 0 unspecified atom stereocenters. The lowest BCUT2D eigenvalue weighted by Gasteiger charge is -2.32. The third kappa shape index (κ3) is 2.73. The van der Waals surface area contributed by atoms with Gasteiger partial charge in [-0.05, 0) is 38.4 Å². The van der Waals surface area contributed by atoms with E-state index in [0.29, 0.717) is 11.7 Å². The summed E-state index contributed by atoms with van der Waals surface area (Å²) in [4.78, 5) is 18.4. The maximum atomic E-state index is 5.81. The normalized spacial score (nSPS) is 17.2. The van der Waals surface area contributed by atoms with Crippen LogP contribution in [0.1, 0.15) is 37.8 Å². The third-order valence-corrected chi connectivity index (χ3v) is 4.91. The van der Waals surface area contributed by atoms with Gasteiger partial charge in [-0.15, -0.1) is 0 Å². The molecule has 3 aromatic rings. The molecule has 1 aliphatic rings. The minimum absolute atomic E-state index is 0.246. The van der Waals surface area contributed by atoms with Gasteiger partial charge in [0.1, 0.15) is 11.2 Å². The second-order valence-corrected chi connectivity index (χ2v) is 6.43. The van der Waals surface area contributed by atoms with E-state index >= 15 is 0 Å². The number of H-pyrrole nitrogens is 1. The first-order valence-corrected chi connectivity index (χ1v) is 8.53. The van der Waals surface area contributed by atoms with Gasteiger partial charge < -0.3 is 10.7 Å². The van der Waals surface area contributed by atoms with Crippen LogP contribution in [0, 0.1) is 0 Å². The molecular formula is C18H22N6. The van der Waals surface area contributed by atoms with E-state index in [9.17, 15) is 0 Å². The molecule has 24 heavy (non-hydrogen) atoms. The maximum Gasteiger partial charge on any atom is 0.222 e. The zero-order chi connectivity index (χ0) is 16.5. The van der Waals surface area contributed by atoms with Gasteiger partial charge in [0.2, 0.25) is 5.95 Å². The fourth-order valence-electron chi connectivity index (χ4n) is 3.49. The molecular weight excluding hydrogens is 300 g/mol. The first-order chi connectivity index (χ1) is 11.7. The minimum Gasteiger partial charge on any atom is -0.368 e. The summed E-state index contributed by atoms with van der Waals surface area (Å²) in [5, 5.41) is 0. The highest BCUT2D eigenvalue weighted by molar-refractivity contribution is 5.87. The van der Waals surface area contributed by atoms with Gasteiger partial charge in [-0.1, -0.05) is 30.7 Å². The van der Waals surface area contributed by atoms with Crippen molar-refractivity contribution in [3.8, 4) is 11.3 Å². The van der Waals surface area contributed by atoms with Crippen LogP contribution in [0.5, 0.6) is 0 Å². The van der Waals surface area contributed by atoms with E-state index in [-0.39, 0.29) is 5.95 Å². The quantitative estimate of drug-likeness (QED) is 0.774. The number of hydrogen-bond donors (Lipinski definition) is 2. The minimum atomic E-state index is 0.246. The summed E-state index contributed by atoms with van der Waals surface area (Å²) in [5.74, 6) is 0.246. The highest BCUT2D eigenvalue weighted by Gasteiger charge is 2.18. The van der Waals surface area contributed by atoms with Crippen LogP contribution >= 0.6 is 0 Å². The van der Waals surface area contributed by atoms with Crippen molar-refractivity contribution >= 4 is 17.1 Å². The van der Waals surface area contributed by atoms with Gasteiger partial charge in [0.05, 0.1) is 6.33 Å². The van der Waals surface area contributed by atoms with E-state index < -0.39 is 0 Å². The summed E-state index contributed by atoms with van der Waals surface area (Å²) >= 11 is 0. The second kappa shape index (κ2) is 6.20. The number of likely N-dealkylation sites (tertiary alicyclic amines) is 1. The van der Waals surface area contributed by atoms with Crippen LogP contribution in [-0.4, -0.2) is 37.9 Å². The summed E-state index contributed by atoms with van der Waals surface area (Å²) in [6, 6.07) is 9.04. The van der Waals surface area contributed by atoms with Gasteiger partial charge in [-0.25, -0.2) is 9.97 Å². The molecule has 1 aromatic carbocycles. The number of aromatic amines is 1. The topological polar surface area (TPSA) is 83.7 Å². The number of nitrogens with one attached hydrogen (secondary N) is 1. The predicted molar refractivity (Wildman–Crippen MR) is 95.4 cm³/mol. The van der Waals surface area contributed by atoms with Crippen LogP contribution in [0.15, 0.2) is 30.6 Å². The second-order valence-electron chi connectivity index (χ2n) is 6.43. The lowest BCUT2D eigenvalue weighted by molar-refractivity contribution is 0.175. The average Bonchev–Trinajstić information content (AvgIpc) is 3.09. The molecule has 1 atom stereocenters. The van der Waals surface area contributed by atoms with Crippen molar-refractivity contribution in [1.82, 2.24) is 24.8 Å². The van der Waals surface area contributed by atoms with Gasteiger partial charge >= 0.3 is 0 Å².